The van der Waals surface area contributed by atoms with Gasteiger partial charge >= 0.3 is 0 Å². The molecule has 0 spiro atoms. The van der Waals surface area contributed by atoms with E-state index in [2.05, 4.69) is 26.5 Å². The van der Waals surface area contributed by atoms with Crippen molar-refractivity contribution in [3.8, 4) is 17.2 Å². The van der Waals surface area contributed by atoms with Gasteiger partial charge in [-0.05, 0) is 70.9 Å². The summed E-state index contributed by atoms with van der Waals surface area (Å²) in [5.41, 5.74) is 3.85. The van der Waals surface area contributed by atoms with Crippen LogP contribution in [-0.4, -0.2) is 30.4 Å². The number of halogens is 1. The van der Waals surface area contributed by atoms with E-state index in [1.54, 1.807) is 56.5 Å². The van der Waals surface area contributed by atoms with E-state index >= 15 is 0 Å². The Balaban J connectivity index is 1.89. The Morgan fingerprint density at radius 1 is 1.25 bits per heavy atom. The minimum Gasteiger partial charge on any atom is -0.508 e. The Labute approximate surface area is 148 Å². The van der Waals surface area contributed by atoms with Gasteiger partial charge in [-0.25, -0.2) is 5.43 Å². The van der Waals surface area contributed by atoms with E-state index in [1.165, 1.54) is 0 Å². The highest BCUT2D eigenvalue weighted by atomic mass is 79.9. The summed E-state index contributed by atoms with van der Waals surface area (Å²) >= 11 is 3.35. The third kappa shape index (κ3) is 4.99. The molecular weight excluding hydrogens is 376 g/mol. The molecule has 0 aliphatic carbocycles. The van der Waals surface area contributed by atoms with Crippen LogP contribution in [0.25, 0.3) is 0 Å². The summed E-state index contributed by atoms with van der Waals surface area (Å²) in [4.78, 5) is 11.8. The summed E-state index contributed by atoms with van der Waals surface area (Å²) in [7, 11) is 1.57. The molecule has 0 unspecified atom stereocenters. The Hall–Kier alpha value is -2.54. The molecule has 2 aromatic carbocycles. The lowest BCUT2D eigenvalue weighted by atomic mass is 10.1. The molecule has 7 heteroatoms. The molecule has 2 rings (SSSR count). The van der Waals surface area contributed by atoms with Gasteiger partial charge < -0.3 is 14.6 Å². The van der Waals surface area contributed by atoms with Gasteiger partial charge in [0.2, 0.25) is 0 Å². The predicted octanol–water partition coefficient (Wildman–Crippen LogP) is 3.08. The van der Waals surface area contributed by atoms with Crippen molar-refractivity contribution < 1.29 is 19.4 Å². The Morgan fingerprint density at radius 3 is 2.58 bits per heavy atom. The summed E-state index contributed by atoms with van der Waals surface area (Å²) in [5, 5.41) is 13.3. The first-order valence-corrected chi connectivity index (χ1v) is 7.88. The Kier molecular flexibility index (Phi) is 6.20. The highest BCUT2D eigenvalue weighted by Gasteiger charge is 2.07. The second-order valence-corrected chi connectivity index (χ2v) is 5.72. The number of carbonyl (C=O) groups is 1. The monoisotopic (exact) mass is 392 g/mol. The van der Waals surface area contributed by atoms with Crippen molar-refractivity contribution in [1.82, 2.24) is 5.43 Å². The zero-order valence-electron chi connectivity index (χ0n) is 13.2. The molecule has 0 atom stereocenters. The average molecular weight is 393 g/mol. The molecule has 126 valence electrons. The van der Waals surface area contributed by atoms with Gasteiger partial charge in [0.05, 0.1) is 17.3 Å². The van der Waals surface area contributed by atoms with Gasteiger partial charge in [-0.1, -0.05) is 0 Å². The summed E-state index contributed by atoms with van der Waals surface area (Å²) in [5.74, 6) is 1.02. The van der Waals surface area contributed by atoms with E-state index in [9.17, 15) is 9.90 Å². The molecule has 1 amide bonds. The number of ether oxygens (including phenoxy) is 2. The number of hydrogen-bond acceptors (Lipinski definition) is 5. The highest BCUT2D eigenvalue weighted by molar-refractivity contribution is 9.10. The molecule has 0 saturated carbocycles. The lowest BCUT2D eigenvalue weighted by molar-refractivity contribution is -0.123. The number of hydrogen-bond donors (Lipinski definition) is 2. The van der Waals surface area contributed by atoms with Crippen molar-refractivity contribution >= 4 is 27.5 Å². The molecule has 0 bridgehead atoms. The van der Waals surface area contributed by atoms with E-state index in [0.717, 1.165) is 5.56 Å². The lowest BCUT2D eigenvalue weighted by Crippen LogP contribution is -2.25. The fourth-order valence-electron chi connectivity index (χ4n) is 1.81. The van der Waals surface area contributed by atoms with Crippen LogP contribution in [0.5, 0.6) is 17.2 Å². The predicted molar refractivity (Wildman–Crippen MR) is 94.6 cm³/mol. The molecule has 0 aliphatic heterocycles. The van der Waals surface area contributed by atoms with E-state index in [1.807, 2.05) is 0 Å². The topological polar surface area (TPSA) is 80.2 Å². The van der Waals surface area contributed by atoms with Gasteiger partial charge in [0.15, 0.2) is 6.61 Å². The number of benzene rings is 2. The standard InChI is InChI=1S/C17H17BrN2O4/c1-11(12-3-5-13(21)6-4-12)19-20-17(22)10-24-16-8-7-14(23-2)9-15(16)18/h3-9,21H,10H2,1-2H3,(H,20,22)/b19-11+. The number of nitrogens with one attached hydrogen (secondary N) is 1. The van der Waals surface area contributed by atoms with Gasteiger partial charge in [0, 0.05) is 0 Å². The molecule has 0 saturated heterocycles. The number of amides is 1. The molecule has 0 fully saturated rings. The van der Waals surface area contributed by atoms with Crippen LogP contribution in [0.15, 0.2) is 52.0 Å². The summed E-state index contributed by atoms with van der Waals surface area (Å²) < 4.78 is 11.2. The van der Waals surface area contributed by atoms with Crippen LogP contribution >= 0.6 is 15.9 Å². The minimum atomic E-state index is -0.379. The van der Waals surface area contributed by atoms with Gasteiger partial charge in [-0.2, -0.15) is 5.10 Å². The van der Waals surface area contributed by atoms with Crippen molar-refractivity contribution in [2.24, 2.45) is 5.10 Å². The van der Waals surface area contributed by atoms with Crippen molar-refractivity contribution in [3.63, 3.8) is 0 Å². The minimum absolute atomic E-state index is 0.169. The number of hydrazone groups is 1. The molecule has 0 aromatic heterocycles. The maximum absolute atomic E-state index is 11.8. The third-order valence-corrected chi connectivity index (χ3v) is 3.75. The van der Waals surface area contributed by atoms with Crippen LogP contribution in [0.4, 0.5) is 0 Å². The third-order valence-electron chi connectivity index (χ3n) is 3.13. The lowest BCUT2D eigenvalue weighted by Gasteiger charge is -2.09. The number of nitrogens with zero attached hydrogens (tertiary/aromatic N) is 1. The number of carbonyl (C=O) groups excluding carboxylic acids is 1. The van der Waals surface area contributed by atoms with Gasteiger partial charge in [0.25, 0.3) is 5.91 Å². The molecule has 6 nitrogen and oxygen atoms in total. The first kappa shape index (κ1) is 17.8. The number of methoxy groups -OCH3 is 1. The number of rotatable bonds is 6. The van der Waals surface area contributed by atoms with Gasteiger partial charge in [-0.15, -0.1) is 0 Å². The summed E-state index contributed by atoms with van der Waals surface area (Å²) in [6.45, 7) is 1.59. The largest absolute Gasteiger partial charge is 0.508 e. The molecule has 0 heterocycles. The molecule has 0 aliphatic rings. The highest BCUT2D eigenvalue weighted by Crippen LogP contribution is 2.28. The van der Waals surface area contributed by atoms with Crippen molar-refractivity contribution in [2.45, 2.75) is 6.92 Å². The number of phenolic OH excluding ortho intramolecular Hbond substituents is 1. The molecule has 2 N–H and O–H groups in total. The zero-order chi connectivity index (χ0) is 17.5. The molecule has 24 heavy (non-hydrogen) atoms. The molecular formula is C17H17BrN2O4. The maximum atomic E-state index is 11.8. The van der Waals surface area contributed by atoms with Crippen molar-refractivity contribution in [3.05, 3.63) is 52.5 Å². The van der Waals surface area contributed by atoms with Crippen LogP contribution < -0.4 is 14.9 Å². The Morgan fingerprint density at radius 2 is 1.96 bits per heavy atom. The van der Waals surface area contributed by atoms with Crippen molar-refractivity contribution in [1.29, 1.82) is 0 Å². The van der Waals surface area contributed by atoms with E-state index < -0.39 is 0 Å². The maximum Gasteiger partial charge on any atom is 0.277 e. The van der Waals surface area contributed by atoms with Crippen LogP contribution in [-0.2, 0) is 4.79 Å². The molecule has 2 aromatic rings. The summed E-state index contributed by atoms with van der Waals surface area (Å²) in [6, 6.07) is 11.7. The first-order chi connectivity index (χ1) is 11.5. The van der Waals surface area contributed by atoms with Crippen LogP contribution in [0.2, 0.25) is 0 Å². The zero-order valence-corrected chi connectivity index (χ0v) is 14.8. The van der Waals surface area contributed by atoms with Crippen LogP contribution in [0.3, 0.4) is 0 Å². The summed E-state index contributed by atoms with van der Waals surface area (Å²) in [6.07, 6.45) is 0. The first-order valence-electron chi connectivity index (χ1n) is 7.08. The molecule has 0 radical (unpaired) electrons. The van der Waals surface area contributed by atoms with E-state index in [4.69, 9.17) is 9.47 Å². The van der Waals surface area contributed by atoms with Crippen LogP contribution in [0, 0.1) is 0 Å². The fourth-order valence-corrected chi connectivity index (χ4v) is 2.29. The van der Waals surface area contributed by atoms with E-state index in [-0.39, 0.29) is 18.3 Å². The van der Waals surface area contributed by atoms with Gasteiger partial charge in [0.1, 0.15) is 17.2 Å². The average Bonchev–Trinajstić information content (AvgIpc) is 2.59. The van der Waals surface area contributed by atoms with E-state index in [0.29, 0.717) is 21.7 Å². The van der Waals surface area contributed by atoms with Crippen LogP contribution in [0.1, 0.15) is 12.5 Å². The second-order valence-electron chi connectivity index (χ2n) is 4.86. The Bertz CT molecular complexity index is 745. The number of phenols is 1. The van der Waals surface area contributed by atoms with Crippen molar-refractivity contribution in [2.75, 3.05) is 13.7 Å². The fraction of sp³-hybridized carbons (Fsp3) is 0.176. The SMILES string of the molecule is COc1ccc(OCC(=O)N/N=C(\C)c2ccc(O)cc2)c(Br)c1. The second kappa shape index (κ2) is 8.35. The number of aromatic hydroxyl groups is 1. The van der Waals surface area contributed by atoms with Gasteiger partial charge in [-0.3, -0.25) is 4.79 Å². The smallest absolute Gasteiger partial charge is 0.277 e. The normalized spacial score (nSPS) is 11.0. The quantitative estimate of drug-likeness (QED) is 0.584.